The lowest BCUT2D eigenvalue weighted by molar-refractivity contribution is 0.193. The molecule has 0 fully saturated rings. The van der Waals surface area contributed by atoms with Crippen LogP contribution in [0, 0.1) is 0 Å². The summed E-state index contributed by atoms with van der Waals surface area (Å²) < 4.78 is 11.9. The van der Waals surface area contributed by atoms with E-state index in [9.17, 15) is 9.67 Å². The molecule has 3 atom stereocenters. The average Bonchev–Trinajstić information content (AvgIpc) is 2.47. The van der Waals surface area contributed by atoms with E-state index < -0.39 is 13.9 Å². The third-order valence-corrected chi connectivity index (χ3v) is 6.48. The monoisotopic (exact) mass is 317 g/mol. The lowest BCUT2D eigenvalue weighted by Gasteiger charge is -2.13. The van der Waals surface area contributed by atoms with Crippen LogP contribution >= 0.6 is 7.80 Å². The molecule has 2 nitrogen and oxygen atoms in total. The van der Waals surface area contributed by atoms with E-state index in [0.717, 1.165) is 12.6 Å². The molecule has 21 heavy (non-hydrogen) atoms. The summed E-state index contributed by atoms with van der Waals surface area (Å²) in [5, 5.41) is 9.40. The molecule has 0 aliphatic rings. The SMILES string of the molecule is CCCCCCCCCCCCCC[P](=O)C(C)C(C)O. The molecular weight excluding hydrogens is 279 g/mol. The van der Waals surface area contributed by atoms with Crippen LogP contribution in [-0.2, 0) is 4.57 Å². The topological polar surface area (TPSA) is 37.3 Å². The quantitative estimate of drug-likeness (QED) is 0.285. The number of hydrogen-bond donors (Lipinski definition) is 1. The summed E-state index contributed by atoms with van der Waals surface area (Å²) in [6.45, 7) is 5.89. The Kier molecular flexibility index (Phi) is 15.0. The maximum atomic E-state index is 11.9. The van der Waals surface area contributed by atoms with Gasteiger partial charge in [-0.2, -0.15) is 0 Å². The van der Waals surface area contributed by atoms with Gasteiger partial charge in [-0.25, -0.2) is 0 Å². The van der Waals surface area contributed by atoms with Crippen LogP contribution in [0.2, 0.25) is 0 Å². The lowest BCUT2D eigenvalue weighted by atomic mass is 10.1. The number of rotatable bonds is 15. The molecule has 0 rings (SSSR count). The fraction of sp³-hybridized carbons (Fsp3) is 1.00. The van der Waals surface area contributed by atoms with Crippen molar-refractivity contribution in [1.82, 2.24) is 0 Å². The molecular formula is C18H38O2P. The second-order valence-electron chi connectivity index (χ2n) is 6.51. The maximum Gasteiger partial charge on any atom is 0.0773 e. The van der Waals surface area contributed by atoms with Crippen LogP contribution in [0.3, 0.4) is 0 Å². The number of aliphatic hydroxyl groups is 1. The van der Waals surface area contributed by atoms with Gasteiger partial charge in [0, 0.05) is 6.16 Å². The minimum absolute atomic E-state index is 0.0484. The second-order valence-corrected chi connectivity index (χ2v) is 8.61. The Hall–Kier alpha value is 0.0600. The molecule has 0 aromatic heterocycles. The van der Waals surface area contributed by atoms with E-state index in [1.807, 2.05) is 6.92 Å². The fourth-order valence-electron chi connectivity index (χ4n) is 2.55. The molecule has 0 aromatic carbocycles. The van der Waals surface area contributed by atoms with Gasteiger partial charge in [-0.3, -0.25) is 4.57 Å². The van der Waals surface area contributed by atoms with Gasteiger partial charge in [-0.05, 0) is 20.3 Å². The van der Waals surface area contributed by atoms with Crippen LogP contribution in [-0.4, -0.2) is 23.0 Å². The third kappa shape index (κ3) is 13.4. The van der Waals surface area contributed by atoms with Gasteiger partial charge in [0.2, 0.25) is 0 Å². The first-order valence-electron chi connectivity index (χ1n) is 9.21. The Morgan fingerprint density at radius 2 is 1.14 bits per heavy atom. The highest BCUT2D eigenvalue weighted by Gasteiger charge is 2.16. The van der Waals surface area contributed by atoms with Gasteiger partial charge in [-0.15, -0.1) is 0 Å². The van der Waals surface area contributed by atoms with E-state index in [2.05, 4.69) is 6.92 Å². The van der Waals surface area contributed by atoms with Crippen molar-refractivity contribution in [2.75, 3.05) is 6.16 Å². The molecule has 0 spiro atoms. The molecule has 0 amide bonds. The van der Waals surface area contributed by atoms with Crippen molar-refractivity contribution < 1.29 is 9.67 Å². The number of aliphatic hydroxyl groups excluding tert-OH is 1. The molecule has 1 N–H and O–H groups in total. The third-order valence-electron chi connectivity index (χ3n) is 4.38. The van der Waals surface area contributed by atoms with Crippen molar-refractivity contribution in [1.29, 1.82) is 0 Å². The number of unbranched alkanes of at least 4 members (excludes halogenated alkanes) is 11. The Balaban J connectivity index is 3.21. The van der Waals surface area contributed by atoms with Gasteiger partial charge in [0.25, 0.3) is 0 Å². The van der Waals surface area contributed by atoms with Gasteiger partial charge in [0.05, 0.1) is 19.6 Å². The van der Waals surface area contributed by atoms with Crippen molar-refractivity contribution in [3.63, 3.8) is 0 Å². The molecule has 0 bridgehead atoms. The summed E-state index contributed by atoms with van der Waals surface area (Å²) in [7, 11) is -1.22. The highest BCUT2D eigenvalue weighted by Crippen LogP contribution is 2.31. The van der Waals surface area contributed by atoms with Gasteiger partial charge in [-0.1, -0.05) is 77.6 Å². The number of hydrogen-bond acceptors (Lipinski definition) is 2. The predicted octanol–water partition coefficient (Wildman–Crippen LogP) is 6.28. The minimum atomic E-state index is -1.22. The predicted molar refractivity (Wildman–Crippen MR) is 94.7 cm³/mol. The molecule has 1 radical (unpaired) electrons. The van der Waals surface area contributed by atoms with Crippen LogP contribution < -0.4 is 0 Å². The lowest BCUT2D eigenvalue weighted by Crippen LogP contribution is -2.15. The van der Waals surface area contributed by atoms with Crippen LogP contribution in [0.4, 0.5) is 0 Å². The van der Waals surface area contributed by atoms with Crippen molar-refractivity contribution in [2.24, 2.45) is 0 Å². The molecule has 0 heterocycles. The smallest absolute Gasteiger partial charge is 0.0773 e. The molecule has 3 heteroatoms. The standard InChI is InChI=1S/C18H38O2P/c1-4-5-6-7-8-9-10-11-12-13-14-15-16-21(20)18(3)17(2)19/h17-19H,4-16H2,1-3H3. The van der Waals surface area contributed by atoms with Gasteiger partial charge >= 0.3 is 0 Å². The van der Waals surface area contributed by atoms with Crippen LogP contribution in [0.5, 0.6) is 0 Å². The van der Waals surface area contributed by atoms with Crippen LogP contribution in [0.25, 0.3) is 0 Å². The van der Waals surface area contributed by atoms with Crippen molar-refractivity contribution in [3.05, 3.63) is 0 Å². The van der Waals surface area contributed by atoms with Crippen molar-refractivity contribution in [3.8, 4) is 0 Å². The normalized spacial score (nSPS) is 15.0. The van der Waals surface area contributed by atoms with Crippen molar-refractivity contribution >= 4 is 7.80 Å². The first-order chi connectivity index (χ1) is 10.1. The van der Waals surface area contributed by atoms with E-state index >= 15 is 0 Å². The van der Waals surface area contributed by atoms with E-state index in [0.29, 0.717) is 0 Å². The van der Waals surface area contributed by atoms with E-state index in [1.54, 1.807) is 6.92 Å². The Morgan fingerprint density at radius 3 is 1.52 bits per heavy atom. The summed E-state index contributed by atoms with van der Waals surface area (Å²) >= 11 is 0. The minimum Gasteiger partial charge on any atom is -0.392 e. The molecule has 0 aliphatic heterocycles. The molecule has 127 valence electrons. The Morgan fingerprint density at radius 1 is 0.762 bits per heavy atom. The summed E-state index contributed by atoms with van der Waals surface area (Å²) in [6, 6.07) is 0. The summed E-state index contributed by atoms with van der Waals surface area (Å²) in [6.07, 6.45) is 16.4. The maximum absolute atomic E-state index is 11.9. The fourth-order valence-corrected chi connectivity index (χ4v) is 3.98. The largest absolute Gasteiger partial charge is 0.392 e. The van der Waals surface area contributed by atoms with E-state index in [-0.39, 0.29) is 5.66 Å². The second kappa shape index (κ2) is 15.0. The van der Waals surface area contributed by atoms with E-state index in [4.69, 9.17) is 0 Å². The molecule has 3 unspecified atom stereocenters. The molecule has 0 aromatic rings. The molecule has 0 saturated heterocycles. The summed E-state index contributed by atoms with van der Waals surface area (Å²) in [5.74, 6) is 0. The zero-order valence-electron chi connectivity index (χ0n) is 14.6. The molecule has 0 aliphatic carbocycles. The van der Waals surface area contributed by atoms with E-state index in [1.165, 1.54) is 70.6 Å². The Bertz CT molecular complexity index is 241. The average molecular weight is 317 g/mol. The first kappa shape index (κ1) is 21.1. The highest BCUT2D eigenvalue weighted by molar-refractivity contribution is 7.45. The zero-order valence-corrected chi connectivity index (χ0v) is 15.5. The molecule has 0 saturated carbocycles. The first-order valence-corrected chi connectivity index (χ1v) is 10.7. The Labute approximate surface area is 133 Å². The summed E-state index contributed by atoms with van der Waals surface area (Å²) in [5.41, 5.74) is -0.0484. The van der Waals surface area contributed by atoms with Gasteiger partial charge < -0.3 is 5.11 Å². The summed E-state index contributed by atoms with van der Waals surface area (Å²) in [4.78, 5) is 0. The van der Waals surface area contributed by atoms with Gasteiger partial charge in [0.15, 0.2) is 0 Å². The van der Waals surface area contributed by atoms with Crippen LogP contribution in [0.15, 0.2) is 0 Å². The van der Waals surface area contributed by atoms with Crippen LogP contribution in [0.1, 0.15) is 97.8 Å². The highest BCUT2D eigenvalue weighted by atomic mass is 31.1. The zero-order chi connectivity index (χ0) is 15.9. The van der Waals surface area contributed by atoms with Crippen molar-refractivity contribution in [2.45, 2.75) is 110 Å². The van der Waals surface area contributed by atoms with Gasteiger partial charge in [0.1, 0.15) is 0 Å².